The number of carbonyl (C=O) groups is 1. The summed E-state index contributed by atoms with van der Waals surface area (Å²) in [7, 11) is 0. The van der Waals surface area contributed by atoms with Crippen LogP contribution in [-0.4, -0.2) is 12.5 Å². The molecule has 132 valence electrons. The van der Waals surface area contributed by atoms with E-state index < -0.39 is 17.5 Å². The Hall–Kier alpha value is -3.41. The smallest absolute Gasteiger partial charge is 0.243 e. The number of amides is 1. The maximum atomic E-state index is 13.6. The number of rotatable bonds is 6. The van der Waals surface area contributed by atoms with Gasteiger partial charge in [0.05, 0.1) is 12.2 Å². The fraction of sp³-hybridized carbons (Fsp3) is 0.0500. The van der Waals surface area contributed by atoms with Gasteiger partial charge in [-0.1, -0.05) is 36.4 Å². The average Bonchev–Trinajstić information content (AvgIpc) is 2.64. The highest BCUT2D eigenvalue weighted by atomic mass is 19.1. The molecule has 3 aromatic rings. The van der Waals surface area contributed by atoms with Crippen LogP contribution in [0.1, 0.15) is 0 Å². The van der Waals surface area contributed by atoms with Gasteiger partial charge in [0, 0.05) is 0 Å². The van der Waals surface area contributed by atoms with Crippen LogP contribution in [0, 0.1) is 11.6 Å². The maximum absolute atomic E-state index is 13.6. The molecule has 0 bridgehead atoms. The van der Waals surface area contributed by atoms with E-state index in [0.717, 1.165) is 12.1 Å². The third kappa shape index (κ3) is 4.36. The van der Waals surface area contributed by atoms with Crippen molar-refractivity contribution in [3.63, 3.8) is 0 Å². The molecule has 0 aliphatic heterocycles. The Bertz CT molecular complexity index is 881. The molecule has 6 heteroatoms. The number of ether oxygens (including phenoxy) is 1. The molecular formula is C20H16F2N2O2. The Morgan fingerprint density at radius 3 is 2.23 bits per heavy atom. The second-order valence-electron chi connectivity index (χ2n) is 5.41. The van der Waals surface area contributed by atoms with Crippen LogP contribution in [-0.2, 0) is 4.79 Å². The number of para-hydroxylation sites is 4. The van der Waals surface area contributed by atoms with Crippen molar-refractivity contribution >= 4 is 17.3 Å². The zero-order chi connectivity index (χ0) is 18.4. The van der Waals surface area contributed by atoms with Gasteiger partial charge in [-0.3, -0.25) is 4.79 Å². The molecule has 0 unspecified atom stereocenters. The van der Waals surface area contributed by atoms with Crippen molar-refractivity contribution in [2.75, 3.05) is 17.2 Å². The molecule has 0 atom stereocenters. The summed E-state index contributed by atoms with van der Waals surface area (Å²) < 4.78 is 32.9. The Labute approximate surface area is 149 Å². The van der Waals surface area contributed by atoms with Crippen molar-refractivity contribution in [3.05, 3.63) is 84.4 Å². The number of halogens is 2. The van der Waals surface area contributed by atoms with Crippen molar-refractivity contribution in [3.8, 4) is 11.5 Å². The molecule has 0 saturated carbocycles. The Balaban J connectivity index is 1.66. The summed E-state index contributed by atoms with van der Waals surface area (Å²) in [5, 5.41) is 5.14. The lowest BCUT2D eigenvalue weighted by Crippen LogP contribution is -2.22. The van der Waals surface area contributed by atoms with E-state index in [-0.39, 0.29) is 12.2 Å². The molecule has 1 amide bonds. The van der Waals surface area contributed by atoms with Gasteiger partial charge in [-0.15, -0.1) is 0 Å². The molecule has 0 spiro atoms. The fourth-order valence-corrected chi connectivity index (χ4v) is 2.30. The minimum atomic E-state index is -0.759. The predicted octanol–water partition coefficient (Wildman–Crippen LogP) is 4.81. The van der Waals surface area contributed by atoms with Crippen LogP contribution in [0.3, 0.4) is 0 Å². The summed E-state index contributed by atoms with van der Waals surface area (Å²) in [4.78, 5) is 12.1. The van der Waals surface area contributed by atoms with E-state index in [1.54, 1.807) is 36.4 Å². The van der Waals surface area contributed by atoms with Crippen molar-refractivity contribution in [2.45, 2.75) is 0 Å². The summed E-state index contributed by atoms with van der Waals surface area (Å²) in [6.07, 6.45) is 0. The Morgan fingerprint density at radius 1 is 0.846 bits per heavy atom. The minimum Gasteiger partial charge on any atom is -0.455 e. The molecular weight excluding hydrogens is 338 g/mol. The summed E-state index contributed by atoms with van der Waals surface area (Å²) in [5.41, 5.74) is 0.119. The van der Waals surface area contributed by atoms with Gasteiger partial charge in [0.25, 0.3) is 0 Å². The van der Waals surface area contributed by atoms with E-state index in [1.165, 1.54) is 6.07 Å². The van der Waals surface area contributed by atoms with E-state index in [4.69, 9.17) is 4.74 Å². The molecule has 26 heavy (non-hydrogen) atoms. The summed E-state index contributed by atoms with van der Waals surface area (Å²) in [6, 6.07) is 19.5. The lowest BCUT2D eigenvalue weighted by Gasteiger charge is -2.13. The summed E-state index contributed by atoms with van der Waals surface area (Å²) in [6.45, 7) is -0.294. The maximum Gasteiger partial charge on any atom is 0.243 e. The zero-order valence-electron chi connectivity index (χ0n) is 13.7. The minimum absolute atomic E-state index is 0.294. The highest BCUT2D eigenvalue weighted by molar-refractivity contribution is 5.95. The van der Waals surface area contributed by atoms with Crippen molar-refractivity contribution in [2.24, 2.45) is 0 Å². The van der Waals surface area contributed by atoms with Gasteiger partial charge in [0.2, 0.25) is 5.91 Å². The second-order valence-corrected chi connectivity index (χ2v) is 5.41. The zero-order valence-corrected chi connectivity index (χ0v) is 13.7. The van der Waals surface area contributed by atoms with Crippen LogP contribution >= 0.6 is 0 Å². The first-order valence-electron chi connectivity index (χ1n) is 7.93. The van der Waals surface area contributed by atoms with Crippen LogP contribution in [0.5, 0.6) is 11.5 Å². The molecule has 0 aliphatic carbocycles. The monoisotopic (exact) mass is 354 g/mol. The van der Waals surface area contributed by atoms with Gasteiger partial charge in [-0.25, -0.2) is 8.78 Å². The highest BCUT2D eigenvalue weighted by Crippen LogP contribution is 2.29. The van der Waals surface area contributed by atoms with E-state index in [0.29, 0.717) is 17.2 Å². The quantitative estimate of drug-likeness (QED) is 0.668. The standard InChI is InChI=1S/C20H16F2N2O2/c21-15-9-6-10-16(22)20(15)23-13-19(25)24-17-11-4-5-12-18(17)26-14-7-2-1-3-8-14/h1-12,23H,13H2,(H,24,25). The van der Waals surface area contributed by atoms with Gasteiger partial charge in [0.15, 0.2) is 5.75 Å². The van der Waals surface area contributed by atoms with Crippen LogP contribution in [0.15, 0.2) is 72.8 Å². The molecule has 0 aliphatic rings. The number of benzene rings is 3. The molecule has 3 aromatic carbocycles. The highest BCUT2D eigenvalue weighted by Gasteiger charge is 2.12. The average molecular weight is 354 g/mol. The Morgan fingerprint density at radius 2 is 1.50 bits per heavy atom. The van der Waals surface area contributed by atoms with Crippen LogP contribution in [0.25, 0.3) is 0 Å². The number of hydrogen-bond donors (Lipinski definition) is 2. The van der Waals surface area contributed by atoms with E-state index in [1.807, 2.05) is 18.2 Å². The van der Waals surface area contributed by atoms with Gasteiger partial charge >= 0.3 is 0 Å². The molecule has 3 rings (SSSR count). The number of hydrogen-bond acceptors (Lipinski definition) is 3. The molecule has 0 saturated heterocycles. The van der Waals surface area contributed by atoms with E-state index in [9.17, 15) is 13.6 Å². The van der Waals surface area contributed by atoms with E-state index >= 15 is 0 Å². The molecule has 0 fully saturated rings. The number of carbonyl (C=O) groups excluding carboxylic acids is 1. The molecule has 0 aromatic heterocycles. The van der Waals surface area contributed by atoms with Crippen LogP contribution < -0.4 is 15.4 Å². The third-order valence-corrected chi connectivity index (χ3v) is 3.52. The van der Waals surface area contributed by atoms with E-state index in [2.05, 4.69) is 10.6 Å². The van der Waals surface area contributed by atoms with Crippen molar-refractivity contribution in [1.82, 2.24) is 0 Å². The second kappa shape index (κ2) is 8.11. The van der Waals surface area contributed by atoms with Gasteiger partial charge in [-0.05, 0) is 36.4 Å². The largest absolute Gasteiger partial charge is 0.455 e. The first-order valence-corrected chi connectivity index (χ1v) is 7.93. The summed E-state index contributed by atoms with van der Waals surface area (Å²) in [5.74, 6) is -0.891. The normalized spacial score (nSPS) is 10.2. The molecule has 2 N–H and O–H groups in total. The SMILES string of the molecule is O=C(CNc1c(F)cccc1F)Nc1ccccc1Oc1ccccc1. The fourth-order valence-electron chi connectivity index (χ4n) is 2.30. The number of anilines is 2. The first kappa shape index (κ1) is 17.4. The Kier molecular flexibility index (Phi) is 5.43. The topological polar surface area (TPSA) is 50.4 Å². The lowest BCUT2D eigenvalue weighted by molar-refractivity contribution is -0.114. The first-order chi connectivity index (χ1) is 12.6. The van der Waals surface area contributed by atoms with Gasteiger partial charge in [0.1, 0.15) is 23.1 Å². The van der Waals surface area contributed by atoms with Crippen LogP contribution in [0.2, 0.25) is 0 Å². The number of nitrogens with one attached hydrogen (secondary N) is 2. The van der Waals surface area contributed by atoms with Gasteiger partial charge in [-0.2, -0.15) is 0 Å². The van der Waals surface area contributed by atoms with Crippen LogP contribution in [0.4, 0.5) is 20.2 Å². The van der Waals surface area contributed by atoms with Crippen molar-refractivity contribution < 1.29 is 18.3 Å². The summed E-state index contributed by atoms with van der Waals surface area (Å²) >= 11 is 0. The predicted molar refractivity (Wildman–Crippen MR) is 96.4 cm³/mol. The molecule has 4 nitrogen and oxygen atoms in total. The molecule has 0 heterocycles. The van der Waals surface area contributed by atoms with Crippen molar-refractivity contribution in [1.29, 1.82) is 0 Å². The van der Waals surface area contributed by atoms with Gasteiger partial charge < -0.3 is 15.4 Å². The third-order valence-electron chi connectivity index (χ3n) is 3.52. The molecule has 0 radical (unpaired) electrons. The lowest BCUT2D eigenvalue weighted by atomic mass is 10.2.